The highest BCUT2D eigenvalue weighted by atomic mass is 32.2. The van der Waals surface area contributed by atoms with Crippen LogP contribution in [0.2, 0.25) is 0 Å². The van der Waals surface area contributed by atoms with Gasteiger partial charge in [-0.3, -0.25) is 4.79 Å². The van der Waals surface area contributed by atoms with Crippen LogP contribution in [0.1, 0.15) is 24.5 Å². The maximum absolute atomic E-state index is 13.1. The Balaban J connectivity index is 2.39. The van der Waals surface area contributed by atoms with Gasteiger partial charge in [0.25, 0.3) is 6.43 Å². The van der Waals surface area contributed by atoms with E-state index in [1.807, 2.05) is 4.72 Å². The molecule has 2 rings (SSSR count). The van der Waals surface area contributed by atoms with Crippen LogP contribution in [0.3, 0.4) is 0 Å². The number of benzene rings is 1. The van der Waals surface area contributed by atoms with E-state index in [0.29, 0.717) is 11.1 Å². The third-order valence-corrected chi connectivity index (χ3v) is 5.09. The molecule has 1 aromatic rings. The number of carbonyl (C=O) groups is 1. The van der Waals surface area contributed by atoms with E-state index in [1.54, 1.807) is 6.07 Å². The molecule has 0 fully saturated rings. The summed E-state index contributed by atoms with van der Waals surface area (Å²) in [7, 11) is -4.31. The van der Waals surface area contributed by atoms with Crippen LogP contribution in [0.15, 0.2) is 23.1 Å². The molecule has 22 heavy (non-hydrogen) atoms. The van der Waals surface area contributed by atoms with Gasteiger partial charge < -0.3 is 9.84 Å². The second kappa shape index (κ2) is 5.90. The van der Waals surface area contributed by atoms with Crippen LogP contribution in [0.25, 0.3) is 0 Å². The molecule has 0 aliphatic carbocycles. The Hall–Kier alpha value is -1.58. The SMILES string of the molecule is CC(CC(=O)O)(NS(=O)(=O)c1cccc2c1COC2)C(F)F. The molecule has 1 atom stereocenters. The molecule has 0 saturated heterocycles. The molecular weight excluding hydrogens is 320 g/mol. The molecule has 1 aliphatic heterocycles. The largest absolute Gasteiger partial charge is 0.481 e. The second-order valence-electron chi connectivity index (χ2n) is 5.28. The second-order valence-corrected chi connectivity index (χ2v) is 6.93. The zero-order valence-corrected chi connectivity index (χ0v) is 12.5. The van der Waals surface area contributed by atoms with Gasteiger partial charge in [0.15, 0.2) is 0 Å². The molecule has 0 spiro atoms. The quantitative estimate of drug-likeness (QED) is 0.822. The first-order valence-corrected chi connectivity index (χ1v) is 7.86. The average Bonchev–Trinajstić information content (AvgIpc) is 2.84. The summed E-state index contributed by atoms with van der Waals surface area (Å²) in [5.74, 6) is -1.52. The van der Waals surface area contributed by atoms with Crippen LogP contribution in [0, 0.1) is 0 Å². The van der Waals surface area contributed by atoms with E-state index in [1.165, 1.54) is 12.1 Å². The monoisotopic (exact) mass is 335 g/mol. The predicted molar refractivity (Wildman–Crippen MR) is 71.9 cm³/mol. The fraction of sp³-hybridized carbons (Fsp3) is 0.462. The third-order valence-electron chi connectivity index (χ3n) is 3.39. The Kier molecular flexibility index (Phi) is 4.50. The Morgan fingerprint density at radius 3 is 2.73 bits per heavy atom. The van der Waals surface area contributed by atoms with Crippen LogP contribution in [0.4, 0.5) is 8.78 Å². The lowest BCUT2D eigenvalue weighted by Gasteiger charge is -2.28. The van der Waals surface area contributed by atoms with Gasteiger partial charge in [0.1, 0.15) is 5.54 Å². The summed E-state index contributed by atoms with van der Waals surface area (Å²) >= 11 is 0. The molecule has 6 nitrogen and oxygen atoms in total. The van der Waals surface area contributed by atoms with Gasteiger partial charge >= 0.3 is 5.97 Å². The van der Waals surface area contributed by atoms with Crippen molar-refractivity contribution in [1.82, 2.24) is 4.72 Å². The molecule has 0 saturated carbocycles. The highest BCUT2D eigenvalue weighted by molar-refractivity contribution is 7.89. The molecule has 1 unspecified atom stereocenters. The van der Waals surface area contributed by atoms with Crippen LogP contribution < -0.4 is 4.72 Å². The zero-order valence-electron chi connectivity index (χ0n) is 11.7. The number of alkyl halides is 2. The molecule has 0 radical (unpaired) electrons. The first kappa shape index (κ1) is 16.8. The van der Waals surface area contributed by atoms with Gasteiger partial charge in [-0.1, -0.05) is 12.1 Å². The molecule has 122 valence electrons. The van der Waals surface area contributed by atoms with Crippen LogP contribution in [0.5, 0.6) is 0 Å². The van der Waals surface area contributed by atoms with Crippen LogP contribution >= 0.6 is 0 Å². The van der Waals surface area contributed by atoms with Crippen molar-refractivity contribution in [2.75, 3.05) is 0 Å². The number of aliphatic carboxylic acids is 1. The van der Waals surface area contributed by atoms with Gasteiger partial charge in [0, 0.05) is 5.56 Å². The number of sulfonamides is 1. The number of nitrogens with one attached hydrogen (secondary N) is 1. The van der Waals surface area contributed by atoms with Crippen molar-refractivity contribution in [3.8, 4) is 0 Å². The number of halogens is 2. The molecule has 2 N–H and O–H groups in total. The van der Waals surface area contributed by atoms with E-state index >= 15 is 0 Å². The van der Waals surface area contributed by atoms with Gasteiger partial charge in [0.2, 0.25) is 10.0 Å². The minimum absolute atomic E-state index is 0.0662. The number of carboxylic acids is 1. The van der Waals surface area contributed by atoms with Crippen molar-refractivity contribution >= 4 is 16.0 Å². The first-order valence-electron chi connectivity index (χ1n) is 6.38. The molecule has 9 heteroatoms. The van der Waals surface area contributed by atoms with Gasteiger partial charge in [-0.15, -0.1) is 0 Å². The van der Waals surface area contributed by atoms with Crippen molar-refractivity contribution in [1.29, 1.82) is 0 Å². The summed E-state index contributed by atoms with van der Waals surface area (Å²) in [6.07, 6.45) is -4.21. The Morgan fingerprint density at radius 2 is 2.14 bits per heavy atom. The standard InChI is InChI=1S/C13H15F2NO5S/c1-13(12(14)15,5-11(17)18)16-22(19,20)10-4-2-3-8-6-21-7-9(8)10/h2-4,12,16H,5-7H2,1H3,(H,17,18). The number of hydrogen-bond acceptors (Lipinski definition) is 4. The molecule has 1 aliphatic rings. The number of carboxylic acid groups (broad SMARTS) is 1. The van der Waals surface area contributed by atoms with E-state index in [-0.39, 0.29) is 18.1 Å². The summed E-state index contributed by atoms with van der Waals surface area (Å²) in [5.41, 5.74) is -1.32. The topological polar surface area (TPSA) is 92.7 Å². The fourth-order valence-electron chi connectivity index (χ4n) is 2.26. The van der Waals surface area contributed by atoms with Crippen molar-refractivity contribution in [3.05, 3.63) is 29.3 Å². The lowest BCUT2D eigenvalue weighted by Crippen LogP contribution is -2.52. The van der Waals surface area contributed by atoms with Gasteiger partial charge in [0.05, 0.1) is 24.5 Å². The number of hydrogen-bond donors (Lipinski definition) is 2. The fourth-order valence-corrected chi connectivity index (χ4v) is 3.92. The van der Waals surface area contributed by atoms with Gasteiger partial charge in [-0.25, -0.2) is 17.2 Å². The highest BCUT2D eigenvalue weighted by Gasteiger charge is 2.42. The van der Waals surface area contributed by atoms with E-state index in [0.717, 1.165) is 6.92 Å². The normalized spacial score (nSPS) is 17.3. The summed E-state index contributed by atoms with van der Waals surface area (Å²) in [6, 6.07) is 4.45. The van der Waals surface area contributed by atoms with E-state index in [2.05, 4.69) is 0 Å². The minimum atomic E-state index is -4.31. The maximum atomic E-state index is 13.1. The molecule has 0 aromatic heterocycles. The number of ether oxygens (including phenoxy) is 1. The van der Waals surface area contributed by atoms with Crippen molar-refractivity contribution in [2.45, 2.75) is 43.4 Å². The Bertz CT molecular complexity index is 692. The Morgan fingerprint density at radius 1 is 1.45 bits per heavy atom. The molecular formula is C13H15F2NO5S. The molecule has 1 aromatic carbocycles. The number of fused-ring (bicyclic) bond motifs is 1. The lowest BCUT2D eigenvalue weighted by molar-refractivity contribution is -0.140. The highest BCUT2D eigenvalue weighted by Crippen LogP contribution is 2.29. The first-order chi connectivity index (χ1) is 10.2. The summed E-state index contributed by atoms with van der Waals surface area (Å²) < 4.78 is 58.1. The van der Waals surface area contributed by atoms with E-state index in [4.69, 9.17) is 9.84 Å². The number of rotatable bonds is 6. The smallest absolute Gasteiger partial charge is 0.305 e. The minimum Gasteiger partial charge on any atom is -0.481 e. The van der Waals surface area contributed by atoms with Crippen molar-refractivity contribution in [2.24, 2.45) is 0 Å². The summed E-state index contributed by atoms with van der Waals surface area (Å²) in [6.45, 7) is 1.18. The molecule has 0 bridgehead atoms. The third kappa shape index (κ3) is 3.26. The summed E-state index contributed by atoms with van der Waals surface area (Å²) in [4.78, 5) is 10.6. The van der Waals surface area contributed by atoms with Crippen molar-refractivity contribution in [3.63, 3.8) is 0 Å². The lowest BCUT2D eigenvalue weighted by atomic mass is 10.0. The van der Waals surface area contributed by atoms with Crippen molar-refractivity contribution < 1.29 is 31.8 Å². The van der Waals surface area contributed by atoms with Crippen LogP contribution in [-0.2, 0) is 32.8 Å². The average molecular weight is 335 g/mol. The Labute approximate surface area is 126 Å². The van der Waals surface area contributed by atoms with Crippen LogP contribution in [-0.4, -0.2) is 31.5 Å². The van der Waals surface area contributed by atoms with E-state index < -0.39 is 34.4 Å². The predicted octanol–water partition coefficient (Wildman–Crippen LogP) is 1.49. The summed E-state index contributed by atoms with van der Waals surface area (Å²) in [5, 5.41) is 8.73. The maximum Gasteiger partial charge on any atom is 0.305 e. The van der Waals surface area contributed by atoms with E-state index in [9.17, 15) is 22.0 Å². The molecule has 1 heterocycles. The molecule has 0 amide bonds. The van der Waals surface area contributed by atoms with Gasteiger partial charge in [-0.2, -0.15) is 4.72 Å². The van der Waals surface area contributed by atoms with Gasteiger partial charge in [-0.05, 0) is 18.6 Å². The zero-order chi connectivity index (χ0) is 16.5.